The minimum Gasteiger partial charge on any atom is -0.459 e. The van der Waals surface area contributed by atoms with Crippen LogP contribution in [0.5, 0.6) is 0 Å². The van der Waals surface area contributed by atoms with Gasteiger partial charge in [-0.15, -0.1) is 0 Å². The quantitative estimate of drug-likeness (QED) is 0.929. The largest absolute Gasteiger partial charge is 0.459 e. The first kappa shape index (κ1) is 13.6. The first-order chi connectivity index (χ1) is 10.2. The van der Waals surface area contributed by atoms with Gasteiger partial charge in [0.25, 0.3) is 5.91 Å². The number of nitrogens with one attached hydrogen (secondary N) is 1. The van der Waals surface area contributed by atoms with E-state index in [-0.39, 0.29) is 5.91 Å². The summed E-state index contributed by atoms with van der Waals surface area (Å²) < 4.78 is 5.05. The van der Waals surface area contributed by atoms with Crippen LogP contribution in [0, 0.1) is 6.92 Å². The second-order valence-electron chi connectivity index (χ2n) is 5.14. The Balaban J connectivity index is 1.69. The Hall–Kier alpha value is -2.37. The second kappa shape index (κ2) is 5.95. The van der Waals surface area contributed by atoms with Gasteiger partial charge in [0.2, 0.25) is 0 Å². The predicted molar refractivity (Wildman–Crippen MR) is 78.1 cm³/mol. The summed E-state index contributed by atoms with van der Waals surface area (Å²) in [5, 5.41) is 2.77. The van der Waals surface area contributed by atoms with Crippen molar-refractivity contribution in [3.63, 3.8) is 0 Å². The first-order valence-corrected chi connectivity index (χ1v) is 7.13. The maximum atomic E-state index is 11.8. The zero-order valence-electron chi connectivity index (χ0n) is 12.0. The molecule has 1 saturated heterocycles. The summed E-state index contributed by atoms with van der Waals surface area (Å²) in [4.78, 5) is 23.0. The van der Waals surface area contributed by atoms with Crippen molar-refractivity contribution in [2.24, 2.45) is 0 Å². The van der Waals surface area contributed by atoms with Crippen molar-refractivity contribution in [2.75, 3.05) is 18.0 Å². The van der Waals surface area contributed by atoms with E-state index >= 15 is 0 Å². The Morgan fingerprint density at radius 1 is 1.38 bits per heavy atom. The number of hydrogen-bond acceptors (Lipinski definition) is 5. The Labute approximate surface area is 123 Å². The van der Waals surface area contributed by atoms with E-state index in [1.54, 1.807) is 12.1 Å². The van der Waals surface area contributed by atoms with Crippen LogP contribution >= 0.6 is 0 Å². The number of hydrogen-bond donors (Lipinski definition) is 1. The van der Waals surface area contributed by atoms with Crippen LogP contribution in [0.15, 0.2) is 28.9 Å². The molecular formula is C15H18N4O2. The fraction of sp³-hybridized carbons (Fsp3) is 0.400. The van der Waals surface area contributed by atoms with E-state index in [1.807, 2.05) is 13.0 Å². The van der Waals surface area contributed by atoms with Crippen molar-refractivity contribution in [3.05, 3.63) is 41.7 Å². The number of anilines is 1. The van der Waals surface area contributed by atoms with Crippen LogP contribution in [0.25, 0.3) is 0 Å². The van der Waals surface area contributed by atoms with Crippen molar-refractivity contribution in [3.8, 4) is 0 Å². The van der Waals surface area contributed by atoms with Crippen LogP contribution < -0.4 is 10.2 Å². The molecule has 2 aromatic rings. The van der Waals surface area contributed by atoms with Crippen LogP contribution in [-0.4, -0.2) is 29.0 Å². The third-order valence-electron chi connectivity index (χ3n) is 3.47. The number of rotatable bonds is 4. The lowest BCUT2D eigenvalue weighted by molar-refractivity contribution is 0.0922. The number of aromatic nitrogens is 2. The average molecular weight is 286 g/mol. The molecule has 0 atom stereocenters. The van der Waals surface area contributed by atoms with Crippen LogP contribution in [0.2, 0.25) is 0 Å². The van der Waals surface area contributed by atoms with Gasteiger partial charge in [0.15, 0.2) is 5.76 Å². The molecule has 1 aliphatic heterocycles. The fourth-order valence-corrected chi connectivity index (χ4v) is 2.45. The molecular weight excluding hydrogens is 268 g/mol. The van der Waals surface area contributed by atoms with E-state index in [2.05, 4.69) is 20.2 Å². The molecule has 0 radical (unpaired) electrons. The lowest BCUT2D eigenvalue weighted by Crippen LogP contribution is -2.25. The van der Waals surface area contributed by atoms with Gasteiger partial charge in [-0.2, -0.15) is 0 Å². The third-order valence-corrected chi connectivity index (χ3v) is 3.47. The number of furan rings is 1. The van der Waals surface area contributed by atoms with E-state index in [9.17, 15) is 4.79 Å². The molecule has 1 fully saturated rings. The van der Waals surface area contributed by atoms with Crippen molar-refractivity contribution >= 4 is 11.7 Å². The minimum atomic E-state index is -0.257. The van der Waals surface area contributed by atoms with Crippen LogP contribution in [0.4, 0.5) is 5.82 Å². The Morgan fingerprint density at radius 2 is 2.19 bits per heavy atom. The summed E-state index contributed by atoms with van der Waals surface area (Å²) in [7, 11) is 0. The van der Waals surface area contributed by atoms with Gasteiger partial charge in [-0.3, -0.25) is 4.79 Å². The molecule has 0 saturated carbocycles. The summed E-state index contributed by atoms with van der Waals surface area (Å²) in [5.74, 6) is 1.61. The molecule has 110 valence electrons. The molecule has 0 aliphatic carbocycles. The third kappa shape index (κ3) is 3.21. The number of aryl methyl sites for hydroxylation is 1. The maximum Gasteiger partial charge on any atom is 0.287 e. The molecule has 0 bridgehead atoms. The van der Waals surface area contributed by atoms with E-state index in [1.165, 1.54) is 19.1 Å². The van der Waals surface area contributed by atoms with Gasteiger partial charge in [0, 0.05) is 24.8 Å². The smallest absolute Gasteiger partial charge is 0.287 e. The summed E-state index contributed by atoms with van der Waals surface area (Å²) in [5.41, 5.74) is 0.911. The fourth-order valence-electron chi connectivity index (χ4n) is 2.45. The standard InChI is InChI=1S/C15H18N4O2/c1-11-9-14(19-6-2-3-7-19)18-13(17-11)10-16-15(20)12-5-4-8-21-12/h4-5,8-9H,2-3,6-7,10H2,1H3,(H,16,20). The lowest BCUT2D eigenvalue weighted by atomic mass is 10.3. The molecule has 21 heavy (non-hydrogen) atoms. The summed E-state index contributed by atoms with van der Waals surface area (Å²) in [6.07, 6.45) is 3.88. The maximum absolute atomic E-state index is 11.8. The molecule has 0 spiro atoms. The van der Waals surface area contributed by atoms with Gasteiger partial charge in [-0.1, -0.05) is 0 Å². The van der Waals surface area contributed by atoms with Crippen LogP contribution in [0.1, 0.15) is 34.9 Å². The van der Waals surface area contributed by atoms with E-state index in [0.717, 1.165) is 24.6 Å². The molecule has 1 aliphatic rings. The molecule has 3 heterocycles. The highest BCUT2D eigenvalue weighted by atomic mass is 16.3. The minimum absolute atomic E-state index is 0.257. The SMILES string of the molecule is Cc1cc(N2CCCC2)nc(CNC(=O)c2ccco2)n1. The van der Waals surface area contributed by atoms with Gasteiger partial charge in [0.05, 0.1) is 12.8 Å². The van der Waals surface area contributed by atoms with Gasteiger partial charge in [0.1, 0.15) is 11.6 Å². The summed E-state index contributed by atoms with van der Waals surface area (Å²) in [6, 6.07) is 5.30. The summed E-state index contributed by atoms with van der Waals surface area (Å²) in [6.45, 7) is 4.31. The van der Waals surface area contributed by atoms with Crippen molar-refractivity contribution < 1.29 is 9.21 Å². The molecule has 3 rings (SSSR count). The summed E-state index contributed by atoms with van der Waals surface area (Å²) >= 11 is 0. The number of carbonyl (C=O) groups is 1. The second-order valence-corrected chi connectivity index (χ2v) is 5.14. The normalized spacial score (nSPS) is 14.4. The van der Waals surface area contributed by atoms with Gasteiger partial charge < -0.3 is 14.6 Å². The van der Waals surface area contributed by atoms with Gasteiger partial charge >= 0.3 is 0 Å². The Bertz CT molecular complexity index is 619. The van der Waals surface area contributed by atoms with Gasteiger partial charge in [-0.25, -0.2) is 9.97 Å². The van der Waals surface area contributed by atoms with Crippen molar-refractivity contribution in [2.45, 2.75) is 26.3 Å². The molecule has 6 heteroatoms. The molecule has 0 unspecified atom stereocenters. The van der Waals surface area contributed by atoms with E-state index in [0.29, 0.717) is 18.1 Å². The highest BCUT2D eigenvalue weighted by molar-refractivity contribution is 5.91. The molecule has 6 nitrogen and oxygen atoms in total. The Kier molecular flexibility index (Phi) is 3.85. The molecule has 1 amide bonds. The molecule has 2 aromatic heterocycles. The highest BCUT2D eigenvalue weighted by Gasteiger charge is 2.15. The highest BCUT2D eigenvalue weighted by Crippen LogP contribution is 2.18. The molecule has 1 N–H and O–H groups in total. The van der Waals surface area contributed by atoms with E-state index < -0.39 is 0 Å². The number of nitrogens with zero attached hydrogens (tertiary/aromatic N) is 3. The van der Waals surface area contributed by atoms with Gasteiger partial charge in [-0.05, 0) is 31.9 Å². The van der Waals surface area contributed by atoms with E-state index in [4.69, 9.17) is 4.42 Å². The number of amides is 1. The van der Waals surface area contributed by atoms with Crippen LogP contribution in [0.3, 0.4) is 0 Å². The van der Waals surface area contributed by atoms with Crippen molar-refractivity contribution in [1.82, 2.24) is 15.3 Å². The molecule has 0 aromatic carbocycles. The van der Waals surface area contributed by atoms with Crippen molar-refractivity contribution in [1.29, 1.82) is 0 Å². The zero-order chi connectivity index (χ0) is 14.7. The predicted octanol–water partition coefficient (Wildman–Crippen LogP) is 1.91. The zero-order valence-corrected chi connectivity index (χ0v) is 12.0. The monoisotopic (exact) mass is 286 g/mol. The van der Waals surface area contributed by atoms with Crippen LogP contribution in [-0.2, 0) is 6.54 Å². The average Bonchev–Trinajstić information content (AvgIpc) is 3.16. The topological polar surface area (TPSA) is 71.3 Å². The number of carbonyl (C=O) groups excluding carboxylic acids is 1. The lowest BCUT2D eigenvalue weighted by Gasteiger charge is -2.17. The first-order valence-electron chi connectivity index (χ1n) is 7.13. The Morgan fingerprint density at radius 3 is 2.90 bits per heavy atom.